The summed E-state index contributed by atoms with van der Waals surface area (Å²) in [4.78, 5) is 0. The van der Waals surface area contributed by atoms with Crippen molar-refractivity contribution in [2.45, 2.75) is 90.3 Å². The maximum atomic E-state index is 6.59. The third-order valence-electron chi connectivity index (χ3n) is 3.79. The van der Waals surface area contributed by atoms with Gasteiger partial charge in [0.2, 0.25) is 0 Å². The summed E-state index contributed by atoms with van der Waals surface area (Å²) < 4.78 is 6.59. The fourth-order valence-electron chi connectivity index (χ4n) is 3.26. The number of ether oxygens (including phenoxy) is 1. The molecule has 0 fully saturated rings. The molecule has 1 heteroatoms. The van der Waals surface area contributed by atoms with E-state index < -0.39 is 0 Å². The summed E-state index contributed by atoms with van der Waals surface area (Å²) in [5.41, 5.74) is 0.0989. The molecule has 0 radical (unpaired) electrons. The van der Waals surface area contributed by atoms with Crippen LogP contribution in [0.2, 0.25) is 0 Å². The second-order valence-corrected chi connectivity index (χ2v) is 5.56. The highest BCUT2D eigenvalue weighted by atomic mass is 16.5. The van der Waals surface area contributed by atoms with Crippen LogP contribution in [0.5, 0.6) is 0 Å². The van der Waals surface area contributed by atoms with E-state index >= 15 is 0 Å². The van der Waals surface area contributed by atoms with E-state index in [1.165, 1.54) is 51.4 Å². The Morgan fingerprint density at radius 1 is 0.647 bits per heavy atom. The van der Waals surface area contributed by atoms with E-state index in [1.807, 2.05) is 0 Å². The second-order valence-electron chi connectivity index (χ2n) is 5.56. The molecule has 0 aliphatic carbocycles. The van der Waals surface area contributed by atoms with Gasteiger partial charge in [-0.05, 0) is 25.7 Å². The predicted octanol–water partition coefficient (Wildman–Crippen LogP) is 5.25. The molecule has 1 rings (SSSR count). The topological polar surface area (TPSA) is 9.23 Å². The SMILES string of the molecule is CCCC1(CCC)C=CC(CCC)(CCC)O1. The summed E-state index contributed by atoms with van der Waals surface area (Å²) in [6.07, 6.45) is 14.3. The van der Waals surface area contributed by atoms with Crippen LogP contribution in [0.1, 0.15) is 79.1 Å². The highest BCUT2D eigenvalue weighted by Gasteiger charge is 2.42. The minimum Gasteiger partial charge on any atom is -0.360 e. The van der Waals surface area contributed by atoms with E-state index in [-0.39, 0.29) is 11.2 Å². The highest BCUT2D eigenvalue weighted by Crippen LogP contribution is 2.42. The minimum absolute atomic E-state index is 0.0494. The zero-order valence-electron chi connectivity index (χ0n) is 12.2. The van der Waals surface area contributed by atoms with Crippen LogP contribution in [0, 0.1) is 0 Å². The summed E-state index contributed by atoms with van der Waals surface area (Å²) in [6, 6.07) is 0. The molecule has 0 spiro atoms. The lowest BCUT2D eigenvalue weighted by Gasteiger charge is -2.36. The Hall–Kier alpha value is -0.300. The monoisotopic (exact) mass is 238 g/mol. The largest absolute Gasteiger partial charge is 0.360 e. The van der Waals surface area contributed by atoms with Crippen LogP contribution in [0.4, 0.5) is 0 Å². The molecule has 0 aromatic rings. The smallest absolute Gasteiger partial charge is 0.0875 e. The van der Waals surface area contributed by atoms with Crippen molar-refractivity contribution in [3.05, 3.63) is 12.2 Å². The van der Waals surface area contributed by atoms with Crippen molar-refractivity contribution < 1.29 is 4.74 Å². The lowest BCUT2D eigenvalue weighted by molar-refractivity contribution is -0.104. The van der Waals surface area contributed by atoms with Gasteiger partial charge in [-0.3, -0.25) is 0 Å². The van der Waals surface area contributed by atoms with Gasteiger partial charge in [0.1, 0.15) is 0 Å². The molecule has 0 saturated carbocycles. The Morgan fingerprint density at radius 3 is 1.18 bits per heavy atom. The van der Waals surface area contributed by atoms with Crippen molar-refractivity contribution in [2.24, 2.45) is 0 Å². The Kier molecular flexibility index (Phi) is 5.72. The molecule has 1 aliphatic heterocycles. The quantitative estimate of drug-likeness (QED) is 0.525. The summed E-state index contributed by atoms with van der Waals surface area (Å²) in [5.74, 6) is 0. The van der Waals surface area contributed by atoms with Crippen molar-refractivity contribution in [1.29, 1.82) is 0 Å². The molecule has 0 amide bonds. The van der Waals surface area contributed by atoms with Gasteiger partial charge in [-0.25, -0.2) is 0 Å². The maximum Gasteiger partial charge on any atom is 0.0875 e. The molecule has 100 valence electrons. The molecule has 0 saturated heterocycles. The Morgan fingerprint density at radius 2 is 0.941 bits per heavy atom. The molecule has 1 nitrogen and oxygen atoms in total. The molecular weight excluding hydrogens is 208 g/mol. The standard InChI is InChI=1S/C16H30O/c1-5-9-15(10-6-2)13-14-16(17-15,11-7-3)12-8-4/h13-14H,5-12H2,1-4H3. The molecule has 0 bridgehead atoms. The maximum absolute atomic E-state index is 6.59. The molecule has 1 aliphatic rings. The second kappa shape index (κ2) is 6.58. The van der Waals surface area contributed by atoms with Crippen LogP contribution in [0.3, 0.4) is 0 Å². The molecule has 1 heterocycles. The average molecular weight is 238 g/mol. The number of hydrogen-bond acceptors (Lipinski definition) is 1. The van der Waals surface area contributed by atoms with Crippen LogP contribution in [0.25, 0.3) is 0 Å². The Bertz CT molecular complexity index is 206. The first-order valence-corrected chi connectivity index (χ1v) is 7.56. The Balaban J connectivity index is 2.77. The number of hydrogen-bond donors (Lipinski definition) is 0. The summed E-state index contributed by atoms with van der Waals surface area (Å²) in [7, 11) is 0. The van der Waals surface area contributed by atoms with E-state index in [0.29, 0.717) is 0 Å². The van der Waals surface area contributed by atoms with Gasteiger partial charge in [-0.15, -0.1) is 0 Å². The van der Waals surface area contributed by atoms with Crippen molar-refractivity contribution >= 4 is 0 Å². The molecule has 0 unspecified atom stereocenters. The summed E-state index contributed by atoms with van der Waals surface area (Å²) in [6.45, 7) is 9.03. The van der Waals surface area contributed by atoms with Gasteiger partial charge in [0.15, 0.2) is 0 Å². The minimum atomic E-state index is 0.0494. The van der Waals surface area contributed by atoms with E-state index in [0.717, 1.165) is 0 Å². The fraction of sp³-hybridized carbons (Fsp3) is 0.875. The molecule has 0 aromatic carbocycles. The third-order valence-corrected chi connectivity index (χ3v) is 3.79. The molecule has 17 heavy (non-hydrogen) atoms. The van der Waals surface area contributed by atoms with E-state index in [1.54, 1.807) is 0 Å². The third kappa shape index (κ3) is 3.58. The van der Waals surface area contributed by atoms with Crippen LogP contribution in [-0.4, -0.2) is 11.2 Å². The van der Waals surface area contributed by atoms with Crippen LogP contribution >= 0.6 is 0 Å². The van der Waals surface area contributed by atoms with Gasteiger partial charge in [0.25, 0.3) is 0 Å². The van der Waals surface area contributed by atoms with Crippen molar-refractivity contribution in [2.75, 3.05) is 0 Å². The zero-order valence-corrected chi connectivity index (χ0v) is 12.2. The highest BCUT2D eigenvalue weighted by molar-refractivity contribution is 5.18. The average Bonchev–Trinajstić information content (AvgIpc) is 2.60. The van der Waals surface area contributed by atoms with E-state index in [9.17, 15) is 0 Å². The fourth-order valence-corrected chi connectivity index (χ4v) is 3.26. The van der Waals surface area contributed by atoms with Crippen molar-refractivity contribution in [3.8, 4) is 0 Å². The van der Waals surface area contributed by atoms with Gasteiger partial charge >= 0.3 is 0 Å². The molecule has 0 atom stereocenters. The number of rotatable bonds is 8. The first-order valence-electron chi connectivity index (χ1n) is 7.56. The molecule has 0 aromatic heterocycles. The first kappa shape index (κ1) is 14.8. The van der Waals surface area contributed by atoms with Crippen LogP contribution in [0.15, 0.2) is 12.2 Å². The molecular formula is C16H30O. The van der Waals surface area contributed by atoms with Gasteiger partial charge in [-0.1, -0.05) is 65.5 Å². The van der Waals surface area contributed by atoms with Crippen LogP contribution < -0.4 is 0 Å². The Labute approximate surface area is 108 Å². The van der Waals surface area contributed by atoms with Crippen molar-refractivity contribution in [1.82, 2.24) is 0 Å². The van der Waals surface area contributed by atoms with Crippen molar-refractivity contribution in [3.63, 3.8) is 0 Å². The van der Waals surface area contributed by atoms with E-state index in [4.69, 9.17) is 4.74 Å². The zero-order chi connectivity index (χ0) is 12.8. The van der Waals surface area contributed by atoms with Gasteiger partial charge in [-0.2, -0.15) is 0 Å². The van der Waals surface area contributed by atoms with Gasteiger partial charge in [0.05, 0.1) is 11.2 Å². The van der Waals surface area contributed by atoms with Crippen LogP contribution in [-0.2, 0) is 4.74 Å². The normalized spacial score (nSPS) is 20.9. The van der Waals surface area contributed by atoms with Gasteiger partial charge < -0.3 is 4.74 Å². The summed E-state index contributed by atoms with van der Waals surface area (Å²) >= 11 is 0. The van der Waals surface area contributed by atoms with E-state index in [2.05, 4.69) is 39.8 Å². The summed E-state index contributed by atoms with van der Waals surface area (Å²) in [5, 5.41) is 0. The lowest BCUT2D eigenvalue weighted by Crippen LogP contribution is -2.37. The predicted molar refractivity (Wildman–Crippen MR) is 75.3 cm³/mol. The lowest BCUT2D eigenvalue weighted by atomic mass is 9.92. The van der Waals surface area contributed by atoms with Gasteiger partial charge in [0, 0.05) is 0 Å². The first-order chi connectivity index (χ1) is 8.16. The molecule has 0 N–H and O–H groups in total.